The van der Waals surface area contributed by atoms with E-state index in [4.69, 9.17) is 5.73 Å². The molecule has 0 saturated heterocycles. The predicted molar refractivity (Wildman–Crippen MR) is 69.2 cm³/mol. The third kappa shape index (κ3) is 1.55. The average molecular weight is 242 g/mol. The number of fused-ring (bicyclic) bond motifs is 1. The summed E-state index contributed by atoms with van der Waals surface area (Å²) in [6, 6.07) is 9.92. The molecule has 0 radical (unpaired) electrons. The number of anilines is 2. The van der Waals surface area contributed by atoms with Crippen molar-refractivity contribution in [2.45, 2.75) is 12.3 Å². The minimum Gasteiger partial charge on any atom is -0.384 e. The van der Waals surface area contributed by atoms with Gasteiger partial charge in [-0.05, 0) is 5.56 Å². The molecule has 3 rings (SSSR count). The SMILES string of the molecule is Cn1nc2c(c1N)C(c1ccccc1)CC(=O)N2. The monoisotopic (exact) mass is 242 g/mol. The summed E-state index contributed by atoms with van der Waals surface area (Å²) in [5.41, 5.74) is 8.06. The van der Waals surface area contributed by atoms with Gasteiger partial charge in [0.05, 0.1) is 0 Å². The lowest BCUT2D eigenvalue weighted by Crippen LogP contribution is -2.23. The molecule has 1 aliphatic rings. The normalized spacial score (nSPS) is 18.3. The van der Waals surface area contributed by atoms with Crippen LogP contribution in [0.2, 0.25) is 0 Å². The highest BCUT2D eigenvalue weighted by atomic mass is 16.1. The molecule has 2 heterocycles. The van der Waals surface area contributed by atoms with Gasteiger partial charge in [0, 0.05) is 24.9 Å². The Hall–Kier alpha value is -2.30. The predicted octanol–water partition coefficient (Wildman–Crippen LogP) is 1.48. The molecular formula is C13H14N4O. The fourth-order valence-corrected chi connectivity index (χ4v) is 2.43. The van der Waals surface area contributed by atoms with Crippen LogP contribution in [0.4, 0.5) is 11.6 Å². The molecule has 5 nitrogen and oxygen atoms in total. The molecule has 92 valence electrons. The molecule has 1 aliphatic heterocycles. The van der Waals surface area contributed by atoms with Gasteiger partial charge >= 0.3 is 0 Å². The lowest BCUT2D eigenvalue weighted by Gasteiger charge is -2.22. The number of nitrogen functional groups attached to an aromatic ring is 1. The lowest BCUT2D eigenvalue weighted by atomic mass is 9.87. The molecule has 3 N–H and O–H groups in total. The zero-order chi connectivity index (χ0) is 12.7. The van der Waals surface area contributed by atoms with E-state index in [0.29, 0.717) is 18.1 Å². The molecular weight excluding hydrogens is 228 g/mol. The summed E-state index contributed by atoms with van der Waals surface area (Å²) in [5.74, 6) is 1.16. The Bertz CT molecular complexity index is 603. The number of hydrogen-bond donors (Lipinski definition) is 2. The Balaban J connectivity index is 2.15. The van der Waals surface area contributed by atoms with Crippen LogP contribution in [-0.4, -0.2) is 15.7 Å². The third-order valence-electron chi connectivity index (χ3n) is 3.33. The van der Waals surface area contributed by atoms with E-state index in [0.717, 1.165) is 11.1 Å². The van der Waals surface area contributed by atoms with Gasteiger partial charge in [0.15, 0.2) is 5.82 Å². The van der Waals surface area contributed by atoms with Gasteiger partial charge in [0.2, 0.25) is 5.91 Å². The number of nitrogens with zero attached hydrogens (tertiary/aromatic N) is 2. The van der Waals surface area contributed by atoms with E-state index in [-0.39, 0.29) is 11.8 Å². The molecule has 18 heavy (non-hydrogen) atoms. The van der Waals surface area contributed by atoms with Gasteiger partial charge < -0.3 is 11.1 Å². The first-order valence-corrected chi connectivity index (χ1v) is 5.84. The Morgan fingerprint density at radius 3 is 2.83 bits per heavy atom. The van der Waals surface area contributed by atoms with Gasteiger partial charge in [-0.1, -0.05) is 30.3 Å². The zero-order valence-electron chi connectivity index (χ0n) is 10.1. The number of aryl methyl sites for hydroxylation is 1. The third-order valence-corrected chi connectivity index (χ3v) is 3.33. The average Bonchev–Trinajstić information content (AvgIpc) is 2.65. The number of rotatable bonds is 1. The van der Waals surface area contributed by atoms with E-state index in [1.807, 2.05) is 30.3 Å². The number of aromatic nitrogens is 2. The van der Waals surface area contributed by atoms with Gasteiger partial charge in [-0.2, -0.15) is 5.10 Å². The van der Waals surface area contributed by atoms with Crippen LogP contribution in [0.15, 0.2) is 30.3 Å². The van der Waals surface area contributed by atoms with Crippen molar-refractivity contribution in [1.82, 2.24) is 9.78 Å². The molecule has 5 heteroatoms. The number of hydrogen-bond acceptors (Lipinski definition) is 3. The molecule has 1 aromatic carbocycles. The quantitative estimate of drug-likeness (QED) is 0.795. The van der Waals surface area contributed by atoms with Crippen LogP contribution in [0.3, 0.4) is 0 Å². The van der Waals surface area contributed by atoms with E-state index in [1.54, 1.807) is 11.7 Å². The van der Waals surface area contributed by atoms with Crippen LogP contribution in [0.5, 0.6) is 0 Å². The van der Waals surface area contributed by atoms with Crippen LogP contribution in [0.25, 0.3) is 0 Å². The summed E-state index contributed by atoms with van der Waals surface area (Å²) < 4.78 is 1.60. The van der Waals surface area contributed by atoms with Crippen LogP contribution in [-0.2, 0) is 11.8 Å². The first-order chi connectivity index (χ1) is 8.66. The maximum atomic E-state index is 11.7. The first-order valence-electron chi connectivity index (χ1n) is 5.84. The molecule has 1 aromatic heterocycles. The number of amides is 1. The number of nitrogens with one attached hydrogen (secondary N) is 1. The van der Waals surface area contributed by atoms with Crippen molar-refractivity contribution < 1.29 is 4.79 Å². The molecule has 2 aromatic rings. The summed E-state index contributed by atoms with van der Waals surface area (Å²) >= 11 is 0. The Kier molecular flexibility index (Phi) is 2.33. The minimum absolute atomic E-state index is 0.0105. The molecule has 1 unspecified atom stereocenters. The van der Waals surface area contributed by atoms with E-state index >= 15 is 0 Å². The maximum Gasteiger partial charge on any atom is 0.226 e. The van der Waals surface area contributed by atoms with Crippen molar-refractivity contribution in [3.8, 4) is 0 Å². The van der Waals surface area contributed by atoms with Crippen molar-refractivity contribution in [3.63, 3.8) is 0 Å². The second-order valence-corrected chi connectivity index (χ2v) is 4.49. The minimum atomic E-state index is -0.0190. The lowest BCUT2D eigenvalue weighted by molar-refractivity contribution is -0.116. The highest BCUT2D eigenvalue weighted by molar-refractivity contribution is 5.95. The van der Waals surface area contributed by atoms with E-state index < -0.39 is 0 Å². The van der Waals surface area contributed by atoms with Crippen LogP contribution < -0.4 is 11.1 Å². The number of carbonyl (C=O) groups is 1. The summed E-state index contributed by atoms with van der Waals surface area (Å²) in [6.07, 6.45) is 0.410. The van der Waals surface area contributed by atoms with Gasteiger partial charge in [-0.25, -0.2) is 0 Å². The highest BCUT2D eigenvalue weighted by Crippen LogP contribution is 2.39. The van der Waals surface area contributed by atoms with Crippen molar-refractivity contribution in [2.75, 3.05) is 11.1 Å². The van der Waals surface area contributed by atoms with Crippen molar-refractivity contribution >= 4 is 17.5 Å². The summed E-state index contributed by atoms with van der Waals surface area (Å²) in [5, 5.41) is 7.01. The molecule has 1 atom stereocenters. The zero-order valence-corrected chi connectivity index (χ0v) is 10.1. The molecule has 0 fully saturated rings. The fourth-order valence-electron chi connectivity index (χ4n) is 2.43. The van der Waals surface area contributed by atoms with Crippen LogP contribution in [0, 0.1) is 0 Å². The second-order valence-electron chi connectivity index (χ2n) is 4.49. The Morgan fingerprint density at radius 1 is 1.39 bits per heavy atom. The van der Waals surface area contributed by atoms with Gasteiger partial charge in [-0.15, -0.1) is 0 Å². The van der Waals surface area contributed by atoms with Gasteiger partial charge in [0.1, 0.15) is 5.82 Å². The largest absolute Gasteiger partial charge is 0.384 e. The van der Waals surface area contributed by atoms with Crippen molar-refractivity contribution in [2.24, 2.45) is 7.05 Å². The molecule has 0 spiro atoms. The van der Waals surface area contributed by atoms with E-state index in [2.05, 4.69) is 10.4 Å². The topological polar surface area (TPSA) is 72.9 Å². The molecule has 0 saturated carbocycles. The molecule has 1 amide bonds. The number of benzene rings is 1. The van der Waals surface area contributed by atoms with E-state index in [1.165, 1.54) is 0 Å². The first kappa shape index (κ1) is 10.8. The highest BCUT2D eigenvalue weighted by Gasteiger charge is 2.31. The Labute approximate surface area is 105 Å². The van der Waals surface area contributed by atoms with Gasteiger partial charge in [0.25, 0.3) is 0 Å². The van der Waals surface area contributed by atoms with Gasteiger partial charge in [-0.3, -0.25) is 9.48 Å². The molecule has 0 aliphatic carbocycles. The van der Waals surface area contributed by atoms with Crippen LogP contribution in [0.1, 0.15) is 23.5 Å². The maximum absolute atomic E-state index is 11.7. The smallest absolute Gasteiger partial charge is 0.226 e. The standard InChI is InChI=1S/C13H14N4O/c1-17-12(14)11-9(8-5-3-2-4-6-8)7-10(18)15-13(11)16-17/h2-6,9H,7,14H2,1H3,(H,15,16,18). The van der Waals surface area contributed by atoms with Crippen molar-refractivity contribution in [3.05, 3.63) is 41.5 Å². The second kappa shape index (κ2) is 3.87. The molecule has 0 bridgehead atoms. The van der Waals surface area contributed by atoms with Crippen molar-refractivity contribution in [1.29, 1.82) is 0 Å². The van der Waals surface area contributed by atoms with E-state index in [9.17, 15) is 4.79 Å². The summed E-state index contributed by atoms with van der Waals surface area (Å²) in [4.78, 5) is 11.7. The summed E-state index contributed by atoms with van der Waals surface area (Å²) in [6.45, 7) is 0. The van der Waals surface area contributed by atoms with Crippen LogP contribution >= 0.6 is 0 Å². The number of nitrogens with two attached hydrogens (primary N) is 1. The Morgan fingerprint density at radius 2 is 2.11 bits per heavy atom. The summed E-state index contributed by atoms with van der Waals surface area (Å²) in [7, 11) is 1.78. The number of carbonyl (C=O) groups excluding carboxylic acids is 1. The fraction of sp³-hybridized carbons (Fsp3) is 0.231.